The van der Waals surface area contributed by atoms with E-state index in [2.05, 4.69) is 21.7 Å². The van der Waals surface area contributed by atoms with Crippen LogP contribution in [0.5, 0.6) is 0 Å². The van der Waals surface area contributed by atoms with Crippen LogP contribution in [0.3, 0.4) is 0 Å². The summed E-state index contributed by atoms with van der Waals surface area (Å²) in [4.78, 5) is 28.3. The second kappa shape index (κ2) is 7.58. The summed E-state index contributed by atoms with van der Waals surface area (Å²) >= 11 is 0. The molecule has 2 amide bonds. The Hall–Kier alpha value is -1.96. The predicted octanol–water partition coefficient (Wildman–Crippen LogP) is 1.33. The maximum Gasteiger partial charge on any atom is 0.226 e. The molecule has 4 heterocycles. The zero-order chi connectivity index (χ0) is 19.0. The number of ether oxygens (including phenoxy) is 1. The molecule has 0 unspecified atom stereocenters. The number of amides is 2. The minimum atomic E-state index is 0.0113. The number of carbonyl (C=O) groups is 2. The van der Waals surface area contributed by atoms with Crippen molar-refractivity contribution >= 4 is 11.8 Å². The molecule has 1 aromatic heterocycles. The topological polar surface area (TPSA) is 80.6 Å². The summed E-state index contributed by atoms with van der Waals surface area (Å²) in [5.41, 5.74) is 0. The van der Waals surface area contributed by atoms with Gasteiger partial charge in [-0.25, -0.2) is 0 Å². The van der Waals surface area contributed by atoms with Gasteiger partial charge in [0.05, 0.1) is 12.6 Å². The van der Waals surface area contributed by atoms with Crippen LogP contribution >= 0.6 is 0 Å². The van der Waals surface area contributed by atoms with Crippen molar-refractivity contribution in [2.75, 3.05) is 32.8 Å². The molecule has 2 saturated heterocycles. The van der Waals surface area contributed by atoms with Crippen molar-refractivity contribution in [2.24, 2.45) is 5.92 Å². The minimum Gasteiger partial charge on any atom is -0.381 e. The summed E-state index contributed by atoms with van der Waals surface area (Å²) in [5.74, 6) is 2.67. The first-order valence-electron chi connectivity index (χ1n) is 10.1. The van der Waals surface area contributed by atoms with Crippen LogP contribution in [0.2, 0.25) is 0 Å². The molecule has 1 aromatic rings. The maximum absolute atomic E-state index is 13.0. The molecule has 0 radical (unpaired) electrons. The minimum absolute atomic E-state index is 0.0113. The summed E-state index contributed by atoms with van der Waals surface area (Å²) in [6.07, 6.45) is 3.48. The van der Waals surface area contributed by atoms with Crippen molar-refractivity contribution in [1.82, 2.24) is 24.6 Å². The number of rotatable bonds is 2. The van der Waals surface area contributed by atoms with Gasteiger partial charge in [-0.2, -0.15) is 0 Å². The van der Waals surface area contributed by atoms with Crippen LogP contribution in [0.4, 0.5) is 0 Å². The van der Waals surface area contributed by atoms with Gasteiger partial charge in [-0.15, -0.1) is 10.2 Å². The van der Waals surface area contributed by atoms with Crippen LogP contribution in [-0.4, -0.2) is 69.2 Å². The van der Waals surface area contributed by atoms with Crippen LogP contribution in [-0.2, 0) is 20.9 Å². The van der Waals surface area contributed by atoms with E-state index in [1.165, 1.54) is 0 Å². The van der Waals surface area contributed by atoms with Crippen molar-refractivity contribution in [3.63, 3.8) is 0 Å². The summed E-state index contributed by atoms with van der Waals surface area (Å²) in [7, 11) is 0. The molecule has 4 rings (SSSR count). The molecule has 8 heteroatoms. The van der Waals surface area contributed by atoms with Crippen LogP contribution < -0.4 is 0 Å². The van der Waals surface area contributed by atoms with Crippen LogP contribution in [0, 0.1) is 5.92 Å². The van der Waals surface area contributed by atoms with E-state index in [1.807, 2.05) is 9.80 Å². The second-order valence-corrected chi connectivity index (χ2v) is 8.08. The lowest BCUT2D eigenvalue weighted by Crippen LogP contribution is -2.47. The fourth-order valence-electron chi connectivity index (χ4n) is 4.66. The van der Waals surface area contributed by atoms with Gasteiger partial charge in [-0.3, -0.25) is 9.59 Å². The van der Waals surface area contributed by atoms with E-state index < -0.39 is 0 Å². The molecule has 27 heavy (non-hydrogen) atoms. The van der Waals surface area contributed by atoms with E-state index in [0.29, 0.717) is 32.1 Å². The van der Waals surface area contributed by atoms with E-state index in [-0.39, 0.29) is 23.8 Å². The summed E-state index contributed by atoms with van der Waals surface area (Å²) in [6, 6.07) is 0.183. The van der Waals surface area contributed by atoms with E-state index in [1.54, 1.807) is 6.92 Å². The number of likely N-dealkylation sites (tertiary alicyclic amines) is 1. The van der Waals surface area contributed by atoms with Crippen molar-refractivity contribution < 1.29 is 14.3 Å². The predicted molar refractivity (Wildman–Crippen MR) is 97.9 cm³/mol. The van der Waals surface area contributed by atoms with E-state index in [4.69, 9.17) is 4.74 Å². The summed E-state index contributed by atoms with van der Waals surface area (Å²) in [5, 5.41) is 8.90. The van der Waals surface area contributed by atoms with Crippen molar-refractivity contribution in [3.8, 4) is 0 Å². The van der Waals surface area contributed by atoms with Crippen molar-refractivity contribution in [1.29, 1.82) is 0 Å². The van der Waals surface area contributed by atoms with Gasteiger partial charge in [-0.05, 0) is 32.6 Å². The highest BCUT2D eigenvalue weighted by atomic mass is 16.5. The number of nitrogens with zero attached hydrogens (tertiary/aromatic N) is 5. The van der Waals surface area contributed by atoms with Gasteiger partial charge < -0.3 is 19.1 Å². The van der Waals surface area contributed by atoms with Gasteiger partial charge in [0.25, 0.3) is 0 Å². The van der Waals surface area contributed by atoms with Crippen molar-refractivity contribution in [3.05, 3.63) is 11.6 Å². The fraction of sp³-hybridized carbons (Fsp3) is 0.789. The highest BCUT2D eigenvalue weighted by Gasteiger charge is 2.35. The molecule has 148 valence electrons. The average molecular weight is 375 g/mol. The largest absolute Gasteiger partial charge is 0.381 e. The number of hydrogen-bond donors (Lipinski definition) is 0. The number of hydrogen-bond acceptors (Lipinski definition) is 5. The number of aromatic nitrogens is 3. The molecule has 0 bridgehead atoms. The van der Waals surface area contributed by atoms with Crippen LogP contribution in [0.1, 0.15) is 63.1 Å². The van der Waals surface area contributed by atoms with Crippen molar-refractivity contribution in [2.45, 2.75) is 58.0 Å². The Kier molecular flexibility index (Phi) is 5.16. The lowest BCUT2D eigenvalue weighted by molar-refractivity contribution is -0.141. The van der Waals surface area contributed by atoms with Gasteiger partial charge in [0.2, 0.25) is 11.8 Å². The lowest BCUT2D eigenvalue weighted by atomic mass is 9.94. The highest BCUT2D eigenvalue weighted by molar-refractivity contribution is 5.80. The normalized spacial score (nSPS) is 24.7. The molecule has 0 saturated carbocycles. The van der Waals surface area contributed by atoms with Gasteiger partial charge in [-0.1, -0.05) is 0 Å². The molecular formula is C19H29N5O3. The molecule has 0 N–H and O–H groups in total. The smallest absolute Gasteiger partial charge is 0.226 e. The Morgan fingerprint density at radius 1 is 1.04 bits per heavy atom. The molecule has 0 aliphatic carbocycles. The Bertz CT molecular complexity index is 704. The SMILES string of the molecule is CC(=O)N1CCC(C(=O)N2Cc3nnc(C4CCOCC4)n3[C@@H](C)C2)CC1. The first-order chi connectivity index (χ1) is 13.0. The van der Waals surface area contributed by atoms with E-state index in [0.717, 1.165) is 50.5 Å². The molecule has 2 fully saturated rings. The van der Waals surface area contributed by atoms with E-state index in [9.17, 15) is 9.59 Å². The van der Waals surface area contributed by atoms with Crippen LogP contribution in [0.25, 0.3) is 0 Å². The first-order valence-corrected chi connectivity index (χ1v) is 10.1. The monoisotopic (exact) mass is 375 g/mol. The quantitative estimate of drug-likeness (QED) is 0.779. The summed E-state index contributed by atoms with van der Waals surface area (Å²) < 4.78 is 7.72. The molecule has 0 aromatic carbocycles. The third-order valence-corrected chi connectivity index (χ3v) is 6.24. The maximum atomic E-state index is 13.0. The van der Waals surface area contributed by atoms with Gasteiger partial charge >= 0.3 is 0 Å². The fourth-order valence-corrected chi connectivity index (χ4v) is 4.66. The molecule has 3 aliphatic rings. The Morgan fingerprint density at radius 2 is 1.74 bits per heavy atom. The molecule has 1 atom stereocenters. The molecule has 8 nitrogen and oxygen atoms in total. The van der Waals surface area contributed by atoms with Crippen LogP contribution in [0.15, 0.2) is 0 Å². The average Bonchev–Trinajstić information content (AvgIpc) is 3.13. The molecular weight excluding hydrogens is 346 g/mol. The number of piperidine rings is 1. The summed E-state index contributed by atoms with van der Waals surface area (Å²) in [6.45, 7) is 7.90. The number of carbonyl (C=O) groups excluding carboxylic acids is 2. The Morgan fingerprint density at radius 3 is 2.41 bits per heavy atom. The van der Waals surface area contributed by atoms with Gasteiger partial charge in [0.1, 0.15) is 5.82 Å². The third-order valence-electron chi connectivity index (χ3n) is 6.24. The number of fused-ring (bicyclic) bond motifs is 1. The zero-order valence-electron chi connectivity index (χ0n) is 16.3. The zero-order valence-corrected chi connectivity index (χ0v) is 16.3. The van der Waals surface area contributed by atoms with Gasteiger partial charge in [0.15, 0.2) is 5.82 Å². The second-order valence-electron chi connectivity index (χ2n) is 8.08. The Labute approximate surface area is 159 Å². The standard InChI is InChI=1S/C19H29N5O3/c1-13-11-23(19(26)16-3-7-22(8-4-16)14(2)25)12-17-20-21-18(24(13)17)15-5-9-27-10-6-15/h13,15-16H,3-12H2,1-2H3/t13-/m0/s1. The van der Waals surface area contributed by atoms with Gasteiger partial charge in [0, 0.05) is 51.6 Å². The van der Waals surface area contributed by atoms with E-state index >= 15 is 0 Å². The Balaban J connectivity index is 1.44. The molecule has 0 spiro atoms. The highest BCUT2D eigenvalue weighted by Crippen LogP contribution is 2.32. The third kappa shape index (κ3) is 3.59. The first kappa shape index (κ1) is 18.4. The molecule has 3 aliphatic heterocycles. The lowest BCUT2D eigenvalue weighted by Gasteiger charge is -2.37.